The Labute approximate surface area is 344 Å². The minimum atomic E-state index is 0.538. The van der Waals surface area contributed by atoms with Gasteiger partial charge in [0.1, 0.15) is 40.3 Å². The lowest BCUT2D eigenvalue weighted by molar-refractivity contribution is 0.414. The van der Waals surface area contributed by atoms with Crippen LogP contribution in [0, 0.1) is 0 Å². The molecule has 1 aliphatic rings. The van der Waals surface area contributed by atoms with Gasteiger partial charge in [-0.05, 0) is 138 Å². The maximum atomic E-state index is 5.66. The first-order chi connectivity index (χ1) is 28.9. The number of rotatable bonds is 13. The molecule has 294 valence electrons. The lowest BCUT2D eigenvalue weighted by Gasteiger charge is -2.15. The second kappa shape index (κ2) is 16.9. The van der Waals surface area contributed by atoms with E-state index < -0.39 is 0 Å². The van der Waals surface area contributed by atoms with Crippen molar-refractivity contribution in [2.24, 2.45) is 9.98 Å². The number of methoxy groups -OCH3 is 6. The van der Waals surface area contributed by atoms with Crippen molar-refractivity contribution >= 4 is 28.5 Å². The monoisotopic (exact) mass is 781 g/mol. The van der Waals surface area contributed by atoms with Crippen molar-refractivity contribution in [2.75, 3.05) is 42.7 Å². The van der Waals surface area contributed by atoms with Crippen LogP contribution in [-0.2, 0) is 0 Å². The van der Waals surface area contributed by atoms with Gasteiger partial charge in [0.05, 0.1) is 54.1 Å². The summed E-state index contributed by atoms with van der Waals surface area (Å²) in [6, 6.07) is 50.3. The molecule has 0 atom stereocenters. The van der Waals surface area contributed by atoms with Crippen molar-refractivity contribution in [2.45, 2.75) is 0 Å². The average Bonchev–Trinajstić information content (AvgIpc) is 3.88. The lowest BCUT2D eigenvalue weighted by atomic mass is 9.90. The van der Waals surface area contributed by atoms with E-state index in [4.69, 9.17) is 38.4 Å². The predicted octanol–water partition coefficient (Wildman–Crippen LogP) is 11.0. The summed E-state index contributed by atoms with van der Waals surface area (Å²) >= 11 is 0. The van der Waals surface area contributed by atoms with Crippen LogP contribution in [-0.4, -0.2) is 58.8 Å². The predicted molar refractivity (Wildman–Crippen MR) is 236 cm³/mol. The highest BCUT2D eigenvalue weighted by Gasteiger charge is 2.30. The van der Waals surface area contributed by atoms with Crippen molar-refractivity contribution in [3.63, 3.8) is 0 Å². The van der Waals surface area contributed by atoms with E-state index in [0.717, 1.165) is 96.1 Å². The van der Waals surface area contributed by atoms with E-state index in [1.165, 1.54) is 0 Å². The third-order valence-corrected chi connectivity index (χ3v) is 10.4. The van der Waals surface area contributed by atoms with Crippen LogP contribution in [0.2, 0.25) is 0 Å². The van der Waals surface area contributed by atoms with Gasteiger partial charge in [-0.25, -0.2) is 9.98 Å². The smallest absolute Gasteiger partial charge is 0.163 e. The Morgan fingerprint density at radius 2 is 0.746 bits per heavy atom. The molecule has 0 saturated carbocycles. The molecule has 8 rings (SSSR count). The van der Waals surface area contributed by atoms with E-state index >= 15 is 0 Å². The van der Waals surface area contributed by atoms with Crippen molar-refractivity contribution < 1.29 is 28.4 Å². The molecule has 0 unspecified atom stereocenters. The van der Waals surface area contributed by atoms with E-state index in [1.54, 1.807) is 42.7 Å². The summed E-state index contributed by atoms with van der Waals surface area (Å²) in [6.45, 7) is 0. The van der Waals surface area contributed by atoms with Gasteiger partial charge in [-0.15, -0.1) is 0 Å². The minimum absolute atomic E-state index is 0.538. The highest BCUT2D eigenvalue weighted by atomic mass is 16.5. The summed E-state index contributed by atoms with van der Waals surface area (Å²) in [5.41, 5.74) is 9.97. The molecular formula is C50H43N3O6. The normalized spacial score (nSPS) is 13.0. The number of ether oxygens (including phenoxy) is 6. The zero-order chi connectivity index (χ0) is 40.9. The Morgan fingerprint density at radius 1 is 0.390 bits per heavy atom. The molecule has 7 aromatic rings. The van der Waals surface area contributed by atoms with Crippen molar-refractivity contribution in [3.8, 4) is 62.6 Å². The van der Waals surface area contributed by atoms with Gasteiger partial charge < -0.3 is 28.4 Å². The fourth-order valence-corrected chi connectivity index (χ4v) is 7.22. The molecule has 9 nitrogen and oxygen atoms in total. The van der Waals surface area contributed by atoms with Crippen LogP contribution in [0.25, 0.3) is 39.2 Å². The van der Waals surface area contributed by atoms with Crippen molar-refractivity contribution in [1.29, 1.82) is 0 Å². The second-order valence-corrected chi connectivity index (χ2v) is 13.6. The SMILES string of the molecule is COc1ccc(C2=NC(=Nc3c(-c4ccc(OC)cc4)cc(-c4ccc(OC)cc4)n3-c3ccc(OC)cc3)C(c3ccc(OC)cc3)=C2c2ccc(OC)cc2)cc1. The first kappa shape index (κ1) is 38.4. The third-order valence-electron chi connectivity index (χ3n) is 10.4. The van der Waals surface area contributed by atoms with Crippen LogP contribution in [0.1, 0.15) is 16.7 Å². The van der Waals surface area contributed by atoms with Gasteiger partial charge in [0.25, 0.3) is 0 Å². The first-order valence-corrected chi connectivity index (χ1v) is 19.0. The Kier molecular flexibility index (Phi) is 11.0. The molecule has 1 aromatic heterocycles. The molecule has 2 heterocycles. The first-order valence-electron chi connectivity index (χ1n) is 19.0. The molecule has 0 fully saturated rings. The van der Waals surface area contributed by atoms with Gasteiger partial charge in [-0.2, -0.15) is 0 Å². The Bertz CT molecular complexity index is 2660. The second-order valence-electron chi connectivity index (χ2n) is 13.6. The van der Waals surface area contributed by atoms with Gasteiger partial charge in [0.2, 0.25) is 0 Å². The van der Waals surface area contributed by atoms with Crippen LogP contribution in [0.4, 0.5) is 5.82 Å². The standard InChI is InChI=1S/C50H43N3O6/c1-54-38-19-7-32(8-20-38)44-31-45(33-9-21-39(55-2)22-10-33)53(37-17-29-43(59-6)30-18-37)50(44)52-49-47(35-13-25-41(57-4)26-14-35)46(34-11-23-40(56-3)24-12-34)48(51-49)36-15-27-42(58-5)28-16-36/h7-31H,1-6H3. The Balaban J connectivity index is 1.47. The zero-order valence-corrected chi connectivity index (χ0v) is 33.7. The van der Waals surface area contributed by atoms with Gasteiger partial charge >= 0.3 is 0 Å². The number of hydrogen-bond donors (Lipinski definition) is 0. The number of amidine groups is 1. The average molecular weight is 782 g/mol. The van der Waals surface area contributed by atoms with Gasteiger partial charge in [-0.3, -0.25) is 4.57 Å². The van der Waals surface area contributed by atoms with Crippen LogP contribution < -0.4 is 28.4 Å². The van der Waals surface area contributed by atoms with Crippen LogP contribution in [0.3, 0.4) is 0 Å². The molecule has 0 spiro atoms. The zero-order valence-electron chi connectivity index (χ0n) is 33.7. The minimum Gasteiger partial charge on any atom is -0.497 e. The maximum Gasteiger partial charge on any atom is 0.163 e. The highest BCUT2D eigenvalue weighted by Crippen LogP contribution is 2.45. The topological polar surface area (TPSA) is 85.0 Å². The molecule has 9 heteroatoms. The Hall–Kier alpha value is -7.52. The largest absolute Gasteiger partial charge is 0.497 e. The summed E-state index contributed by atoms with van der Waals surface area (Å²) in [5, 5.41) is 0. The molecular weight excluding hydrogens is 739 g/mol. The summed E-state index contributed by atoms with van der Waals surface area (Å²) in [7, 11) is 10.00. The number of allylic oxidation sites excluding steroid dienone is 1. The van der Waals surface area contributed by atoms with E-state index in [1.807, 2.05) is 97.1 Å². The molecule has 6 aromatic carbocycles. The van der Waals surface area contributed by atoms with Crippen LogP contribution in [0.15, 0.2) is 162 Å². The molecule has 0 bridgehead atoms. The molecule has 0 aliphatic carbocycles. The molecule has 0 N–H and O–H groups in total. The summed E-state index contributed by atoms with van der Waals surface area (Å²) < 4.78 is 35.6. The number of aliphatic imine (C=N–C) groups is 2. The number of benzene rings is 6. The van der Waals surface area contributed by atoms with Gasteiger partial charge in [-0.1, -0.05) is 36.4 Å². The van der Waals surface area contributed by atoms with Gasteiger partial charge in [0.15, 0.2) is 5.84 Å². The molecule has 0 radical (unpaired) electrons. The van der Waals surface area contributed by atoms with Crippen molar-refractivity contribution in [1.82, 2.24) is 4.57 Å². The quantitative estimate of drug-likeness (QED) is 0.116. The van der Waals surface area contributed by atoms with Gasteiger partial charge in [0, 0.05) is 28.0 Å². The molecule has 0 saturated heterocycles. The van der Waals surface area contributed by atoms with Crippen LogP contribution in [0.5, 0.6) is 34.5 Å². The maximum absolute atomic E-state index is 5.66. The van der Waals surface area contributed by atoms with Crippen molar-refractivity contribution in [3.05, 3.63) is 168 Å². The van der Waals surface area contributed by atoms with Crippen LogP contribution >= 0.6 is 0 Å². The summed E-state index contributed by atoms with van der Waals surface area (Å²) in [5.74, 6) is 5.73. The highest BCUT2D eigenvalue weighted by molar-refractivity contribution is 6.53. The summed E-state index contributed by atoms with van der Waals surface area (Å²) in [6.07, 6.45) is 0. The fourth-order valence-electron chi connectivity index (χ4n) is 7.22. The fraction of sp³-hybridized carbons (Fsp3) is 0.120. The number of aromatic nitrogens is 1. The van der Waals surface area contributed by atoms with E-state index in [2.05, 4.69) is 59.2 Å². The van der Waals surface area contributed by atoms with E-state index in [9.17, 15) is 0 Å². The Morgan fingerprint density at radius 3 is 1.17 bits per heavy atom. The third kappa shape index (κ3) is 7.66. The number of hydrogen-bond acceptors (Lipinski definition) is 7. The molecule has 1 aliphatic heterocycles. The number of nitrogens with zero attached hydrogens (tertiary/aromatic N) is 3. The summed E-state index contributed by atoms with van der Waals surface area (Å²) in [4.78, 5) is 11.1. The van der Waals surface area contributed by atoms with E-state index in [0.29, 0.717) is 11.7 Å². The molecule has 0 amide bonds. The lowest BCUT2D eigenvalue weighted by Crippen LogP contribution is -2.03. The van der Waals surface area contributed by atoms with E-state index in [-0.39, 0.29) is 0 Å². The molecule has 59 heavy (non-hydrogen) atoms.